The number of amides is 1. The van der Waals surface area contributed by atoms with E-state index in [0.29, 0.717) is 17.1 Å². The third kappa shape index (κ3) is 5.90. The van der Waals surface area contributed by atoms with Crippen molar-refractivity contribution in [3.8, 4) is 0 Å². The smallest absolute Gasteiger partial charge is 0.243 e. The average Bonchev–Trinajstić information content (AvgIpc) is 2.74. The van der Waals surface area contributed by atoms with Gasteiger partial charge in [-0.05, 0) is 48.4 Å². The van der Waals surface area contributed by atoms with Gasteiger partial charge in [0.2, 0.25) is 15.9 Å². The summed E-state index contributed by atoms with van der Waals surface area (Å²) < 4.78 is 27.4. The zero-order valence-electron chi connectivity index (χ0n) is 15.7. The van der Waals surface area contributed by atoms with Gasteiger partial charge in [-0.15, -0.1) is 0 Å². The first-order chi connectivity index (χ1) is 13.9. The molecule has 0 aliphatic heterocycles. The number of sulfonamides is 1. The summed E-state index contributed by atoms with van der Waals surface area (Å²) >= 11 is 5.86. The van der Waals surface area contributed by atoms with Crippen molar-refractivity contribution in [2.45, 2.75) is 11.3 Å². The monoisotopic (exact) mass is 428 g/mol. The van der Waals surface area contributed by atoms with Gasteiger partial charge >= 0.3 is 0 Å². The summed E-state index contributed by atoms with van der Waals surface area (Å²) in [7, 11) is -3.81. The Hall–Kier alpha value is -2.67. The highest BCUT2D eigenvalue weighted by Crippen LogP contribution is 2.17. The maximum absolute atomic E-state index is 13.1. The predicted molar refractivity (Wildman–Crippen MR) is 115 cm³/mol. The highest BCUT2D eigenvalue weighted by molar-refractivity contribution is 7.89. The van der Waals surface area contributed by atoms with Crippen molar-refractivity contribution in [3.63, 3.8) is 0 Å². The minimum atomic E-state index is -3.81. The topological polar surface area (TPSA) is 66.5 Å². The highest BCUT2D eigenvalue weighted by Gasteiger charge is 2.26. The fraction of sp³-hybridized carbons (Fsp3) is 0.136. The molecule has 3 rings (SSSR count). The minimum Gasteiger partial charge on any atom is -0.325 e. The summed E-state index contributed by atoms with van der Waals surface area (Å²) in [6, 6.07) is 24.4. The molecule has 0 unspecified atom stereocenters. The summed E-state index contributed by atoms with van der Waals surface area (Å²) in [5.74, 6) is -0.417. The largest absolute Gasteiger partial charge is 0.325 e. The molecule has 3 aromatic rings. The van der Waals surface area contributed by atoms with Crippen molar-refractivity contribution in [2.75, 3.05) is 18.4 Å². The Balaban J connectivity index is 1.78. The van der Waals surface area contributed by atoms with Crippen LogP contribution in [0.2, 0.25) is 5.02 Å². The van der Waals surface area contributed by atoms with Crippen molar-refractivity contribution < 1.29 is 13.2 Å². The number of rotatable bonds is 8. The third-order valence-corrected chi connectivity index (χ3v) is 6.43. The molecule has 3 aromatic carbocycles. The van der Waals surface area contributed by atoms with Gasteiger partial charge < -0.3 is 5.32 Å². The van der Waals surface area contributed by atoms with Crippen LogP contribution < -0.4 is 5.32 Å². The van der Waals surface area contributed by atoms with Gasteiger partial charge in [-0.2, -0.15) is 4.31 Å². The van der Waals surface area contributed by atoms with Gasteiger partial charge in [-0.3, -0.25) is 4.79 Å². The summed E-state index contributed by atoms with van der Waals surface area (Å²) in [4.78, 5) is 12.7. The average molecular weight is 429 g/mol. The van der Waals surface area contributed by atoms with Crippen molar-refractivity contribution >= 4 is 33.2 Å². The summed E-state index contributed by atoms with van der Waals surface area (Å²) in [5.41, 5.74) is 1.55. The molecule has 0 bridgehead atoms. The van der Waals surface area contributed by atoms with Gasteiger partial charge in [0.05, 0.1) is 11.4 Å². The Labute approximate surface area is 176 Å². The molecule has 1 N–H and O–H groups in total. The standard InChI is InChI=1S/C22H21ClN2O3S/c23-19-11-13-20(14-12-19)24-22(26)17-25(16-15-18-7-3-1-4-8-18)29(27,28)21-9-5-2-6-10-21/h1-14H,15-17H2,(H,24,26). The number of benzene rings is 3. The van der Waals surface area contributed by atoms with Crippen LogP contribution in [0.1, 0.15) is 5.56 Å². The van der Waals surface area contributed by atoms with Crippen molar-refractivity contribution in [1.29, 1.82) is 0 Å². The molecule has 0 fully saturated rings. The number of nitrogens with zero attached hydrogens (tertiary/aromatic N) is 1. The summed E-state index contributed by atoms with van der Waals surface area (Å²) in [6.45, 7) is -0.0953. The number of carbonyl (C=O) groups excluding carboxylic acids is 1. The van der Waals surface area contributed by atoms with Crippen LogP contribution >= 0.6 is 11.6 Å². The maximum Gasteiger partial charge on any atom is 0.243 e. The van der Waals surface area contributed by atoms with Crippen LogP contribution in [0.25, 0.3) is 0 Å². The van der Waals surface area contributed by atoms with E-state index in [1.54, 1.807) is 42.5 Å². The van der Waals surface area contributed by atoms with Gasteiger partial charge in [0.1, 0.15) is 0 Å². The predicted octanol–water partition coefficient (Wildman–Crippen LogP) is 4.21. The lowest BCUT2D eigenvalue weighted by molar-refractivity contribution is -0.116. The molecule has 0 radical (unpaired) electrons. The van der Waals surface area contributed by atoms with E-state index in [0.717, 1.165) is 5.56 Å². The van der Waals surface area contributed by atoms with Crippen molar-refractivity contribution in [1.82, 2.24) is 4.31 Å². The number of carbonyl (C=O) groups is 1. The lowest BCUT2D eigenvalue weighted by atomic mass is 10.1. The van der Waals surface area contributed by atoms with E-state index < -0.39 is 15.9 Å². The third-order valence-electron chi connectivity index (χ3n) is 4.32. The second-order valence-corrected chi connectivity index (χ2v) is 8.82. The number of anilines is 1. The van der Waals surface area contributed by atoms with Crippen LogP contribution in [0.4, 0.5) is 5.69 Å². The molecule has 150 valence electrons. The fourth-order valence-corrected chi connectivity index (χ4v) is 4.36. The molecule has 7 heteroatoms. The molecule has 5 nitrogen and oxygen atoms in total. The maximum atomic E-state index is 13.1. The second-order valence-electron chi connectivity index (χ2n) is 6.44. The molecule has 29 heavy (non-hydrogen) atoms. The van der Waals surface area contributed by atoms with Crippen LogP contribution in [0.15, 0.2) is 89.8 Å². The normalized spacial score (nSPS) is 11.4. The first-order valence-electron chi connectivity index (χ1n) is 9.10. The van der Waals surface area contributed by atoms with Gasteiger partial charge in [-0.1, -0.05) is 60.1 Å². The zero-order valence-corrected chi connectivity index (χ0v) is 17.2. The molecule has 0 spiro atoms. The highest BCUT2D eigenvalue weighted by atomic mass is 35.5. The van der Waals surface area contributed by atoms with Crippen LogP contribution in [0.5, 0.6) is 0 Å². The van der Waals surface area contributed by atoms with Gasteiger partial charge in [-0.25, -0.2) is 8.42 Å². The van der Waals surface area contributed by atoms with Crippen LogP contribution in [0, 0.1) is 0 Å². The minimum absolute atomic E-state index is 0.160. The number of hydrogen-bond donors (Lipinski definition) is 1. The van der Waals surface area contributed by atoms with E-state index in [9.17, 15) is 13.2 Å². The second kappa shape index (κ2) is 9.69. The Morgan fingerprint density at radius 1 is 0.862 bits per heavy atom. The summed E-state index contributed by atoms with van der Waals surface area (Å²) in [5, 5.41) is 3.27. The SMILES string of the molecule is O=C(CN(CCc1ccccc1)S(=O)(=O)c1ccccc1)Nc1ccc(Cl)cc1. The molecular weight excluding hydrogens is 408 g/mol. The van der Waals surface area contributed by atoms with E-state index in [2.05, 4.69) is 5.32 Å². The molecule has 0 aromatic heterocycles. The van der Waals surface area contributed by atoms with E-state index in [1.807, 2.05) is 30.3 Å². The van der Waals surface area contributed by atoms with Gasteiger partial charge in [0, 0.05) is 17.3 Å². The van der Waals surface area contributed by atoms with E-state index >= 15 is 0 Å². The number of hydrogen-bond acceptors (Lipinski definition) is 3. The molecule has 0 aliphatic rings. The Bertz CT molecular complexity index is 1040. The summed E-state index contributed by atoms with van der Waals surface area (Å²) in [6.07, 6.45) is 0.501. The zero-order chi connectivity index (χ0) is 20.7. The molecule has 1 amide bonds. The molecule has 0 aliphatic carbocycles. The molecule has 0 saturated carbocycles. The van der Waals surface area contributed by atoms with Crippen LogP contribution in [-0.4, -0.2) is 31.7 Å². The lowest BCUT2D eigenvalue weighted by Gasteiger charge is -2.22. The first kappa shape index (κ1) is 21.0. The lowest BCUT2D eigenvalue weighted by Crippen LogP contribution is -2.39. The Morgan fingerprint density at radius 3 is 2.07 bits per heavy atom. The van der Waals surface area contributed by atoms with Gasteiger partial charge in [0.15, 0.2) is 0 Å². The van der Waals surface area contributed by atoms with E-state index in [4.69, 9.17) is 11.6 Å². The number of nitrogens with one attached hydrogen (secondary N) is 1. The Kier molecular flexibility index (Phi) is 7.04. The van der Waals surface area contributed by atoms with E-state index in [1.165, 1.54) is 16.4 Å². The Morgan fingerprint density at radius 2 is 1.45 bits per heavy atom. The molecular formula is C22H21ClN2O3S. The molecule has 0 atom stereocenters. The van der Waals surface area contributed by atoms with Crippen molar-refractivity contribution in [2.24, 2.45) is 0 Å². The van der Waals surface area contributed by atoms with Crippen molar-refractivity contribution in [3.05, 3.63) is 95.5 Å². The van der Waals surface area contributed by atoms with Gasteiger partial charge in [0.25, 0.3) is 0 Å². The van der Waals surface area contributed by atoms with E-state index in [-0.39, 0.29) is 18.0 Å². The molecule has 0 saturated heterocycles. The quantitative estimate of drug-likeness (QED) is 0.584. The number of halogens is 1. The van der Waals surface area contributed by atoms with Crippen LogP contribution in [0.3, 0.4) is 0 Å². The fourth-order valence-electron chi connectivity index (χ4n) is 2.82. The molecule has 0 heterocycles. The first-order valence-corrected chi connectivity index (χ1v) is 10.9. The van der Waals surface area contributed by atoms with Crippen LogP contribution in [-0.2, 0) is 21.2 Å².